The molecule has 0 aromatic heterocycles. The number of hydrogen-bond acceptors (Lipinski definition) is 4. The van der Waals surface area contributed by atoms with E-state index in [0.29, 0.717) is 6.42 Å². The van der Waals surface area contributed by atoms with Crippen LogP contribution in [0.3, 0.4) is 0 Å². The van der Waals surface area contributed by atoms with E-state index in [1.165, 1.54) is 7.11 Å². The molecule has 0 amide bonds. The topological polar surface area (TPSA) is 72.8 Å². The van der Waals surface area contributed by atoms with Crippen molar-refractivity contribution in [1.29, 1.82) is 0 Å². The average Bonchev–Trinajstić information content (AvgIpc) is 2.59. The second-order valence-corrected chi connectivity index (χ2v) is 5.71. The van der Waals surface area contributed by atoms with Gasteiger partial charge in [0.05, 0.1) is 26.6 Å². The zero-order valence-corrected chi connectivity index (χ0v) is 14.1. The summed E-state index contributed by atoms with van der Waals surface area (Å²) in [6, 6.07) is 11.7. The molecule has 0 unspecified atom stereocenters. The molecule has 2 aromatic carbocycles. The largest absolute Gasteiger partial charge is 0.497 e. The van der Waals surface area contributed by atoms with Gasteiger partial charge >= 0.3 is 11.9 Å². The number of hydrogen-bond donors (Lipinski definition) is 1. The summed E-state index contributed by atoms with van der Waals surface area (Å²) in [4.78, 5) is 23.2. The third-order valence-electron chi connectivity index (χ3n) is 4.32. The van der Waals surface area contributed by atoms with Gasteiger partial charge in [-0.2, -0.15) is 0 Å². The third-order valence-corrected chi connectivity index (χ3v) is 4.32. The maximum atomic E-state index is 12.1. The summed E-state index contributed by atoms with van der Waals surface area (Å²) >= 11 is 0. The zero-order chi connectivity index (χ0) is 17.7. The van der Waals surface area contributed by atoms with Crippen molar-refractivity contribution < 1.29 is 24.2 Å². The molecule has 0 saturated heterocycles. The lowest BCUT2D eigenvalue weighted by molar-refractivity contribution is -0.151. The summed E-state index contributed by atoms with van der Waals surface area (Å²) in [6.45, 7) is 1.95. The molecule has 0 spiro atoms. The molecule has 0 saturated carbocycles. The molecule has 24 heavy (non-hydrogen) atoms. The Morgan fingerprint density at radius 3 is 2.33 bits per heavy atom. The fourth-order valence-electron chi connectivity index (χ4n) is 3.08. The molecule has 0 heterocycles. The van der Waals surface area contributed by atoms with Gasteiger partial charge < -0.3 is 14.6 Å². The normalized spacial score (nSPS) is 13.3. The number of carbonyl (C=O) groups excluding carboxylic acids is 1. The first-order valence-electron chi connectivity index (χ1n) is 7.87. The van der Waals surface area contributed by atoms with Crippen LogP contribution in [0, 0.1) is 5.92 Å². The Hall–Kier alpha value is -2.56. The van der Waals surface area contributed by atoms with Gasteiger partial charge in [-0.3, -0.25) is 9.59 Å². The first kappa shape index (κ1) is 17.8. The first-order chi connectivity index (χ1) is 11.5. The van der Waals surface area contributed by atoms with Gasteiger partial charge in [-0.1, -0.05) is 31.2 Å². The van der Waals surface area contributed by atoms with Gasteiger partial charge in [-0.05, 0) is 40.8 Å². The summed E-state index contributed by atoms with van der Waals surface area (Å²) in [5, 5.41) is 11.2. The van der Waals surface area contributed by atoms with Gasteiger partial charge in [0.2, 0.25) is 0 Å². The predicted octanol–water partition coefficient (Wildman–Crippen LogP) is 3.61. The molecular weight excluding hydrogens is 308 g/mol. The lowest BCUT2D eigenvalue weighted by Gasteiger charge is -2.23. The smallest absolute Gasteiger partial charge is 0.309 e. The lowest BCUT2D eigenvalue weighted by atomic mass is 9.81. The molecule has 0 bridgehead atoms. The molecule has 2 aromatic rings. The Morgan fingerprint density at radius 2 is 1.75 bits per heavy atom. The Kier molecular flexibility index (Phi) is 5.79. The van der Waals surface area contributed by atoms with Gasteiger partial charge in [0.25, 0.3) is 0 Å². The van der Waals surface area contributed by atoms with E-state index in [2.05, 4.69) is 0 Å². The highest BCUT2D eigenvalue weighted by Gasteiger charge is 2.31. The molecule has 0 aliphatic rings. The van der Waals surface area contributed by atoms with Crippen molar-refractivity contribution in [3.05, 3.63) is 42.0 Å². The lowest BCUT2D eigenvalue weighted by Crippen LogP contribution is -2.26. The number of benzene rings is 2. The Labute approximate surface area is 141 Å². The quantitative estimate of drug-likeness (QED) is 0.785. The van der Waals surface area contributed by atoms with Crippen LogP contribution in [-0.2, 0) is 14.3 Å². The third kappa shape index (κ3) is 3.85. The molecule has 5 nitrogen and oxygen atoms in total. The highest BCUT2D eigenvalue weighted by atomic mass is 16.5. The number of carboxylic acid groups (broad SMARTS) is 1. The highest BCUT2D eigenvalue weighted by Crippen LogP contribution is 2.34. The number of methoxy groups -OCH3 is 2. The molecule has 5 heteroatoms. The van der Waals surface area contributed by atoms with E-state index in [0.717, 1.165) is 22.1 Å². The molecule has 2 rings (SSSR count). The van der Waals surface area contributed by atoms with Gasteiger partial charge in [-0.25, -0.2) is 0 Å². The van der Waals surface area contributed by atoms with Crippen LogP contribution < -0.4 is 4.74 Å². The molecule has 1 N–H and O–H groups in total. The van der Waals surface area contributed by atoms with Crippen LogP contribution in [0.25, 0.3) is 10.8 Å². The van der Waals surface area contributed by atoms with Crippen LogP contribution in [0.4, 0.5) is 0 Å². The summed E-state index contributed by atoms with van der Waals surface area (Å²) in [7, 11) is 2.91. The summed E-state index contributed by atoms with van der Waals surface area (Å²) in [6.07, 6.45) is 0.403. The average molecular weight is 330 g/mol. The number of carbonyl (C=O) groups is 2. The monoisotopic (exact) mass is 330 g/mol. The number of fused-ring (bicyclic) bond motifs is 1. The fraction of sp³-hybridized carbons (Fsp3) is 0.368. The van der Waals surface area contributed by atoms with E-state index in [-0.39, 0.29) is 12.3 Å². The standard InChI is InChI=1S/C19H22O5/c1-4-16(17(11-18(20)21)19(22)24-3)14-6-5-13-10-15(23-2)8-7-12(13)9-14/h5-10,16-17H,4,11H2,1-3H3,(H,20,21)/t16-,17+/m1/s1. The van der Waals surface area contributed by atoms with E-state index in [4.69, 9.17) is 14.6 Å². The highest BCUT2D eigenvalue weighted by molar-refractivity contribution is 5.85. The van der Waals surface area contributed by atoms with Crippen LogP contribution in [0.1, 0.15) is 31.2 Å². The van der Waals surface area contributed by atoms with Crippen molar-refractivity contribution in [2.24, 2.45) is 5.92 Å². The number of rotatable bonds is 7. The Morgan fingerprint density at radius 1 is 1.08 bits per heavy atom. The zero-order valence-electron chi connectivity index (χ0n) is 14.1. The molecule has 0 radical (unpaired) electrons. The molecule has 2 atom stereocenters. The molecule has 0 aliphatic carbocycles. The summed E-state index contributed by atoms with van der Waals surface area (Å²) < 4.78 is 10.0. The number of aliphatic carboxylic acids is 1. The van der Waals surface area contributed by atoms with Gasteiger partial charge in [0.1, 0.15) is 5.75 Å². The molecule has 0 aliphatic heterocycles. The summed E-state index contributed by atoms with van der Waals surface area (Å²) in [5.74, 6) is -1.62. The van der Waals surface area contributed by atoms with Crippen molar-refractivity contribution in [3.8, 4) is 5.75 Å². The van der Waals surface area contributed by atoms with Crippen LogP contribution in [0.5, 0.6) is 5.75 Å². The van der Waals surface area contributed by atoms with Crippen molar-refractivity contribution in [2.45, 2.75) is 25.7 Å². The maximum absolute atomic E-state index is 12.1. The maximum Gasteiger partial charge on any atom is 0.309 e. The van der Waals surface area contributed by atoms with Gasteiger partial charge in [-0.15, -0.1) is 0 Å². The Balaban J connectivity index is 2.42. The second kappa shape index (κ2) is 7.81. The SMILES string of the molecule is CC[C@H](c1ccc2cc(OC)ccc2c1)[C@H](CC(=O)O)C(=O)OC. The molecule has 0 fully saturated rings. The van der Waals surface area contributed by atoms with Gasteiger partial charge in [0.15, 0.2) is 0 Å². The minimum absolute atomic E-state index is 0.208. The predicted molar refractivity (Wildman–Crippen MR) is 91.3 cm³/mol. The summed E-state index contributed by atoms with van der Waals surface area (Å²) in [5.41, 5.74) is 0.937. The molecule has 128 valence electrons. The van der Waals surface area contributed by atoms with E-state index in [1.54, 1.807) is 7.11 Å². The van der Waals surface area contributed by atoms with Gasteiger partial charge in [0, 0.05) is 0 Å². The minimum atomic E-state index is -1.01. The number of carboxylic acids is 1. The molecular formula is C19H22O5. The van der Waals surface area contributed by atoms with E-state index in [9.17, 15) is 9.59 Å². The van der Waals surface area contributed by atoms with E-state index >= 15 is 0 Å². The van der Waals surface area contributed by atoms with Crippen molar-refractivity contribution in [3.63, 3.8) is 0 Å². The van der Waals surface area contributed by atoms with Crippen LogP contribution >= 0.6 is 0 Å². The Bertz CT molecular complexity index is 738. The number of esters is 1. The van der Waals surface area contributed by atoms with Crippen molar-refractivity contribution >= 4 is 22.7 Å². The number of ether oxygens (including phenoxy) is 2. The van der Waals surface area contributed by atoms with Crippen LogP contribution in [0.2, 0.25) is 0 Å². The van der Waals surface area contributed by atoms with Crippen LogP contribution in [-0.4, -0.2) is 31.3 Å². The van der Waals surface area contributed by atoms with Crippen LogP contribution in [0.15, 0.2) is 36.4 Å². The first-order valence-corrected chi connectivity index (χ1v) is 7.87. The minimum Gasteiger partial charge on any atom is -0.497 e. The van der Waals surface area contributed by atoms with Crippen molar-refractivity contribution in [1.82, 2.24) is 0 Å². The van der Waals surface area contributed by atoms with E-state index in [1.807, 2.05) is 43.3 Å². The van der Waals surface area contributed by atoms with E-state index < -0.39 is 17.9 Å². The van der Waals surface area contributed by atoms with Crippen molar-refractivity contribution in [2.75, 3.05) is 14.2 Å². The fourth-order valence-corrected chi connectivity index (χ4v) is 3.08. The second-order valence-electron chi connectivity index (χ2n) is 5.71.